The molecule has 1 saturated heterocycles. The van der Waals surface area contributed by atoms with Crippen LogP contribution in [0.4, 0.5) is 0 Å². The highest BCUT2D eigenvalue weighted by molar-refractivity contribution is 5.20. The summed E-state index contributed by atoms with van der Waals surface area (Å²) in [6.45, 7) is 5.40. The van der Waals surface area contributed by atoms with Crippen LogP contribution in [-0.4, -0.2) is 12.6 Å². The molecular formula is C10H15NO. The van der Waals surface area contributed by atoms with Crippen LogP contribution in [0.3, 0.4) is 0 Å². The largest absolute Gasteiger partial charge is 0.469 e. The van der Waals surface area contributed by atoms with Gasteiger partial charge in [0.2, 0.25) is 0 Å². The molecule has 1 aromatic heterocycles. The van der Waals surface area contributed by atoms with Crippen molar-refractivity contribution in [1.29, 1.82) is 0 Å². The molecule has 0 bridgehead atoms. The quantitative estimate of drug-likeness (QED) is 0.689. The van der Waals surface area contributed by atoms with E-state index >= 15 is 0 Å². The average molecular weight is 165 g/mol. The lowest BCUT2D eigenvalue weighted by Crippen LogP contribution is -2.16. The predicted molar refractivity (Wildman–Crippen MR) is 48.3 cm³/mol. The SMILES string of the molecule is Cc1ccoc1C1CNC(C)C1. The molecule has 1 N–H and O–H groups in total. The summed E-state index contributed by atoms with van der Waals surface area (Å²) in [5, 5.41) is 3.43. The van der Waals surface area contributed by atoms with Crippen LogP contribution < -0.4 is 5.32 Å². The molecule has 1 aliphatic rings. The van der Waals surface area contributed by atoms with Gasteiger partial charge in [0.1, 0.15) is 5.76 Å². The summed E-state index contributed by atoms with van der Waals surface area (Å²) < 4.78 is 5.46. The molecule has 2 rings (SSSR count). The lowest BCUT2D eigenvalue weighted by atomic mass is 10.0. The van der Waals surface area contributed by atoms with E-state index in [2.05, 4.69) is 19.2 Å². The molecule has 1 aliphatic heterocycles. The Morgan fingerprint density at radius 2 is 2.42 bits per heavy atom. The van der Waals surface area contributed by atoms with E-state index in [4.69, 9.17) is 4.42 Å². The van der Waals surface area contributed by atoms with Crippen LogP contribution in [0.25, 0.3) is 0 Å². The zero-order valence-corrected chi connectivity index (χ0v) is 7.63. The van der Waals surface area contributed by atoms with Crippen molar-refractivity contribution >= 4 is 0 Å². The Bertz CT molecular complexity index is 267. The first kappa shape index (κ1) is 7.87. The van der Waals surface area contributed by atoms with E-state index in [1.807, 2.05) is 6.07 Å². The number of hydrogen-bond acceptors (Lipinski definition) is 2. The summed E-state index contributed by atoms with van der Waals surface area (Å²) in [7, 11) is 0. The van der Waals surface area contributed by atoms with Crippen molar-refractivity contribution in [2.24, 2.45) is 0 Å². The van der Waals surface area contributed by atoms with Gasteiger partial charge in [-0.3, -0.25) is 0 Å². The number of hydrogen-bond donors (Lipinski definition) is 1. The Kier molecular flexibility index (Phi) is 1.93. The third-order valence-electron chi connectivity index (χ3n) is 2.62. The molecule has 0 radical (unpaired) electrons. The van der Waals surface area contributed by atoms with Gasteiger partial charge >= 0.3 is 0 Å². The van der Waals surface area contributed by atoms with Gasteiger partial charge in [-0.1, -0.05) is 0 Å². The van der Waals surface area contributed by atoms with Crippen molar-refractivity contribution in [2.45, 2.75) is 32.2 Å². The molecule has 66 valence electrons. The molecule has 0 saturated carbocycles. The van der Waals surface area contributed by atoms with Gasteiger partial charge in [-0.15, -0.1) is 0 Å². The van der Waals surface area contributed by atoms with Gasteiger partial charge in [-0.2, -0.15) is 0 Å². The van der Waals surface area contributed by atoms with Crippen LogP contribution in [0, 0.1) is 6.92 Å². The Hall–Kier alpha value is -0.760. The fourth-order valence-electron chi connectivity index (χ4n) is 1.94. The first-order chi connectivity index (χ1) is 5.77. The van der Waals surface area contributed by atoms with Crippen molar-refractivity contribution < 1.29 is 4.42 Å². The van der Waals surface area contributed by atoms with E-state index in [1.165, 1.54) is 17.7 Å². The monoisotopic (exact) mass is 165 g/mol. The second kappa shape index (κ2) is 2.94. The van der Waals surface area contributed by atoms with Crippen molar-refractivity contribution in [3.8, 4) is 0 Å². The smallest absolute Gasteiger partial charge is 0.111 e. The first-order valence-electron chi connectivity index (χ1n) is 4.54. The minimum absolute atomic E-state index is 0.593. The van der Waals surface area contributed by atoms with Gasteiger partial charge < -0.3 is 9.73 Å². The summed E-state index contributed by atoms with van der Waals surface area (Å²) >= 11 is 0. The molecule has 0 aromatic carbocycles. The summed E-state index contributed by atoms with van der Waals surface area (Å²) in [6.07, 6.45) is 2.99. The maximum atomic E-state index is 5.46. The van der Waals surface area contributed by atoms with Crippen LogP contribution in [0.2, 0.25) is 0 Å². The molecule has 1 fully saturated rings. The Labute approximate surface area is 73.0 Å². The fraction of sp³-hybridized carbons (Fsp3) is 0.600. The summed E-state index contributed by atoms with van der Waals surface area (Å²) in [4.78, 5) is 0. The van der Waals surface area contributed by atoms with Gasteiger partial charge in [0, 0.05) is 18.5 Å². The lowest BCUT2D eigenvalue weighted by Gasteiger charge is -2.05. The number of nitrogens with one attached hydrogen (secondary N) is 1. The maximum Gasteiger partial charge on any atom is 0.111 e. The third kappa shape index (κ3) is 1.27. The minimum Gasteiger partial charge on any atom is -0.469 e. The van der Waals surface area contributed by atoms with Gasteiger partial charge in [0.15, 0.2) is 0 Å². The third-order valence-corrected chi connectivity index (χ3v) is 2.62. The first-order valence-corrected chi connectivity index (χ1v) is 4.54. The molecule has 2 heteroatoms. The second-order valence-corrected chi connectivity index (χ2v) is 3.71. The standard InChI is InChI=1S/C10H15NO/c1-7-3-4-12-10(7)9-5-8(2)11-6-9/h3-4,8-9,11H,5-6H2,1-2H3. The molecule has 2 unspecified atom stereocenters. The van der Waals surface area contributed by atoms with Crippen molar-refractivity contribution in [1.82, 2.24) is 5.32 Å². The highest BCUT2D eigenvalue weighted by Crippen LogP contribution is 2.28. The molecule has 12 heavy (non-hydrogen) atoms. The molecule has 0 spiro atoms. The van der Waals surface area contributed by atoms with Crippen LogP contribution in [0.1, 0.15) is 30.6 Å². The zero-order chi connectivity index (χ0) is 8.55. The molecule has 0 aliphatic carbocycles. The van der Waals surface area contributed by atoms with Gasteiger partial charge in [0.25, 0.3) is 0 Å². The topological polar surface area (TPSA) is 25.2 Å². The van der Waals surface area contributed by atoms with E-state index in [1.54, 1.807) is 6.26 Å². The molecule has 2 heterocycles. The van der Waals surface area contributed by atoms with Crippen LogP contribution >= 0.6 is 0 Å². The Balaban J connectivity index is 2.16. The van der Waals surface area contributed by atoms with Crippen molar-refractivity contribution in [2.75, 3.05) is 6.54 Å². The van der Waals surface area contributed by atoms with E-state index in [0.29, 0.717) is 12.0 Å². The van der Waals surface area contributed by atoms with E-state index in [0.717, 1.165) is 6.54 Å². The predicted octanol–water partition coefficient (Wildman–Crippen LogP) is 2.05. The number of rotatable bonds is 1. The van der Waals surface area contributed by atoms with E-state index in [-0.39, 0.29) is 0 Å². The average Bonchev–Trinajstić information content (AvgIpc) is 2.58. The normalized spacial score (nSPS) is 29.5. The van der Waals surface area contributed by atoms with Gasteiger partial charge in [-0.05, 0) is 31.9 Å². The number of furan rings is 1. The maximum absolute atomic E-state index is 5.46. The Morgan fingerprint density at radius 1 is 1.58 bits per heavy atom. The summed E-state index contributed by atoms with van der Waals surface area (Å²) in [5.74, 6) is 1.77. The molecule has 0 amide bonds. The molecular weight excluding hydrogens is 150 g/mol. The van der Waals surface area contributed by atoms with Crippen molar-refractivity contribution in [3.63, 3.8) is 0 Å². The van der Waals surface area contributed by atoms with Crippen LogP contribution in [0.5, 0.6) is 0 Å². The highest BCUT2D eigenvalue weighted by Gasteiger charge is 2.25. The van der Waals surface area contributed by atoms with E-state index in [9.17, 15) is 0 Å². The molecule has 2 atom stereocenters. The highest BCUT2D eigenvalue weighted by atomic mass is 16.3. The number of aryl methyl sites for hydroxylation is 1. The summed E-state index contributed by atoms with van der Waals surface area (Å²) in [5.41, 5.74) is 1.29. The zero-order valence-electron chi connectivity index (χ0n) is 7.63. The van der Waals surface area contributed by atoms with Crippen LogP contribution in [-0.2, 0) is 0 Å². The van der Waals surface area contributed by atoms with Gasteiger partial charge in [-0.25, -0.2) is 0 Å². The van der Waals surface area contributed by atoms with Crippen molar-refractivity contribution in [3.05, 3.63) is 23.7 Å². The summed E-state index contributed by atoms with van der Waals surface area (Å²) in [6, 6.07) is 2.68. The van der Waals surface area contributed by atoms with E-state index < -0.39 is 0 Å². The van der Waals surface area contributed by atoms with Crippen LogP contribution in [0.15, 0.2) is 16.7 Å². The fourth-order valence-corrected chi connectivity index (χ4v) is 1.94. The molecule has 1 aromatic rings. The molecule has 2 nitrogen and oxygen atoms in total. The lowest BCUT2D eigenvalue weighted by molar-refractivity contribution is 0.468. The Morgan fingerprint density at radius 3 is 2.92 bits per heavy atom. The minimum atomic E-state index is 0.593. The second-order valence-electron chi connectivity index (χ2n) is 3.71. The van der Waals surface area contributed by atoms with Gasteiger partial charge in [0.05, 0.1) is 6.26 Å².